The Kier molecular flexibility index (Phi) is 9.98. The first-order valence-electron chi connectivity index (χ1n) is 8.64. The molecule has 0 spiro atoms. The van der Waals surface area contributed by atoms with Crippen LogP contribution in [0, 0.1) is 0 Å². The molecule has 0 aliphatic heterocycles. The lowest BCUT2D eigenvalue weighted by molar-refractivity contribution is 0.474. The lowest BCUT2D eigenvalue weighted by Gasteiger charge is -2.01. The van der Waals surface area contributed by atoms with Crippen LogP contribution in [-0.4, -0.2) is 47.2 Å². The van der Waals surface area contributed by atoms with Crippen LogP contribution < -0.4 is 0 Å². The molecule has 0 aliphatic carbocycles. The SMILES string of the molecule is [N-]=[N+]=Nc1ccc(C=NCCSSCCN=Cc2ccc(N=[N+]=[N-])cc2O)c(O)c1. The van der Waals surface area contributed by atoms with Gasteiger partial charge in [0.05, 0.1) is 0 Å². The first-order valence-corrected chi connectivity index (χ1v) is 11.1. The van der Waals surface area contributed by atoms with E-state index in [-0.39, 0.29) is 11.5 Å². The third-order valence-electron chi connectivity index (χ3n) is 3.50. The minimum absolute atomic E-state index is 0.0157. The molecule has 2 aromatic rings. The van der Waals surface area contributed by atoms with Crippen LogP contribution in [0.25, 0.3) is 20.9 Å². The Hall–Kier alpha value is -3.30. The van der Waals surface area contributed by atoms with Gasteiger partial charge in [0.15, 0.2) is 0 Å². The average molecular weight is 443 g/mol. The van der Waals surface area contributed by atoms with Crippen molar-refractivity contribution >= 4 is 45.4 Å². The number of aliphatic imine (C=N–C) groups is 2. The highest BCUT2D eigenvalue weighted by atomic mass is 33.1. The summed E-state index contributed by atoms with van der Waals surface area (Å²) in [5.41, 5.74) is 18.6. The molecule has 154 valence electrons. The quantitative estimate of drug-likeness (QED) is 0.111. The molecule has 2 rings (SSSR count). The smallest absolute Gasteiger partial charge is 0.124 e. The summed E-state index contributed by atoms with van der Waals surface area (Å²) >= 11 is 0. The second kappa shape index (κ2) is 13.0. The monoisotopic (exact) mass is 442 g/mol. The van der Waals surface area contributed by atoms with Gasteiger partial charge in [0, 0.05) is 69.3 Å². The summed E-state index contributed by atoms with van der Waals surface area (Å²) in [7, 11) is 3.35. The molecule has 2 aromatic carbocycles. The summed E-state index contributed by atoms with van der Waals surface area (Å²) in [4.78, 5) is 13.9. The van der Waals surface area contributed by atoms with E-state index in [1.165, 1.54) is 12.1 Å². The van der Waals surface area contributed by atoms with E-state index in [9.17, 15) is 10.2 Å². The van der Waals surface area contributed by atoms with Crippen molar-refractivity contribution in [1.82, 2.24) is 0 Å². The topological polar surface area (TPSA) is 163 Å². The van der Waals surface area contributed by atoms with Crippen LogP contribution in [0.1, 0.15) is 11.1 Å². The van der Waals surface area contributed by atoms with E-state index in [0.29, 0.717) is 35.6 Å². The van der Waals surface area contributed by atoms with Crippen LogP contribution in [0.3, 0.4) is 0 Å². The van der Waals surface area contributed by atoms with Crippen LogP contribution in [0.15, 0.2) is 56.6 Å². The van der Waals surface area contributed by atoms with Crippen LogP contribution in [-0.2, 0) is 0 Å². The number of aromatic hydroxyl groups is 2. The summed E-state index contributed by atoms with van der Waals surface area (Å²) in [5.74, 6) is 1.65. The Labute approximate surface area is 180 Å². The lowest BCUT2D eigenvalue weighted by Crippen LogP contribution is -1.89. The molecule has 0 saturated carbocycles. The van der Waals surface area contributed by atoms with Crippen LogP contribution in [0.2, 0.25) is 0 Å². The third-order valence-corrected chi connectivity index (χ3v) is 5.87. The third kappa shape index (κ3) is 7.98. The first kappa shape index (κ1) is 23.0. The van der Waals surface area contributed by atoms with Crippen molar-refractivity contribution < 1.29 is 10.2 Å². The Balaban J connectivity index is 1.63. The van der Waals surface area contributed by atoms with Gasteiger partial charge in [0.25, 0.3) is 0 Å². The molecular formula is C18H18N8O2S2. The van der Waals surface area contributed by atoms with E-state index >= 15 is 0 Å². The Bertz CT molecular complexity index is 934. The van der Waals surface area contributed by atoms with Gasteiger partial charge >= 0.3 is 0 Å². The molecule has 0 amide bonds. The molecule has 10 nitrogen and oxygen atoms in total. The zero-order chi connectivity index (χ0) is 21.6. The number of phenols is 2. The van der Waals surface area contributed by atoms with Crippen LogP contribution >= 0.6 is 21.6 Å². The van der Waals surface area contributed by atoms with Gasteiger partial charge in [-0.1, -0.05) is 43.9 Å². The van der Waals surface area contributed by atoms with E-state index in [0.717, 1.165) is 11.5 Å². The Morgan fingerprint density at radius 3 is 1.57 bits per heavy atom. The number of benzene rings is 2. The van der Waals surface area contributed by atoms with Gasteiger partial charge < -0.3 is 10.2 Å². The van der Waals surface area contributed by atoms with E-state index in [4.69, 9.17) is 11.1 Å². The molecule has 0 fully saturated rings. The van der Waals surface area contributed by atoms with E-state index in [2.05, 4.69) is 30.0 Å². The predicted octanol–water partition coefficient (Wildman–Crippen LogP) is 5.90. The van der Waals surface area contributed by atoms with Crippen molar-refractivity contribution in [2.45, 2.75) is 0 Å². The number of hydrogen-bond acceptors (Lipinski definition) is 8. The molecule has 0 heterocycles. The molecule has 0 radical (unpaired) electrons. The summed E-state index contributed by atoms with van der Waals surface area (Å²) < 4.78 is 0. The second-order valence-electron chi connectivity index (χ2n) is 5.58. The van der Waals surface area contributed by atoms with Gasteiger partial charge in [-0.05, 0) is 35.3 Å². The maximum Gasteiger partial charge on any atom is 0.124 e. The maximum atomic E-state index is 9.85. The Morgan fingerprint density at radius 1 is 0.767 bits per heavy atom. The molecule has 2 N–H and O–H groups in total. The van der Waals surface area contributed by atoms with Crippen LogP contribution in [0.5, 0.6) is 11.5 Å². The second-order valence-corrected chi connectivity index (χ2v) is 8.28. The van der Waals surface area contributed by atoms with Gasteiger partial charge in [-0.15, -0.1) is 0 Å². The number of phenolic OH excluding ortho intramolecular Hbond substituents is 2. The average Bonchev–Trinajstić information content (AvgIpc) is 2.72. The largest absolute Gasteiger partial charge is 0.507 e. The number of nitrogens with zero attached hydrogens (tertiary/aromatic N) is 8. The minimum atomic E-state index is 0.0157. The minimum Gasteiger partial charge on any atom is -0.507 e. The molecule has 0 atom stereocenters. The lowest BCUT2D eigenvalue weighted by atomic mass is 10.2. The fraction of sp³-hybridized carbons (Fsp3) is 0.222. The molecule has 12 heteroatoms. The van der Waals surface area contributed by atoms with E-state index in [1.807, 2.05) is 0 Å². The summed E-state index contributed by atoms with van der Waals surface area (Å²) in [6.07, 6.45) is 3.18. The van der Waals surface area contributed by atoms with Gasteiger partial charge in [0.2, 0.25) is 0 Å². The van der Waals surface area contributed by atoms with Crippen molar-refractivity contribution in [2.24, 2.45) is 20.2 Å². The highest BCUT2D eigenvalue weighted by molar-refractivity contribution is 8.76. The summed E-state index contributed by atoms with van der Waals surface area (Å²) in [6, 6.07) is 9.29. The number of hydrogen-bond donors (Lipinski definition) is 2. The molecule has 0 unspecified atom stereocenters. The Morgan fingerprint density at radius 2 is 1.20 bits per heavy atom. The van der Waals surface area contributed by atoms with Crippen molar-refractivity contribution in [2.75, 3.05) is 24.6 Å². The molecule has 0 saturated heterocycles. The molecule has 0 aliphatic rings. The predicted molar refractivity (Wildman–Crippen MR) is 124 cm³/mol. The van der Waals surface area contributed by atoms with Gasteiger partial charge in [-0.3, -0.25) is 9.98 Å². The zero-order valence-electron chi connectivity index (χ0n) is 15.7. The molecule has 0 aromatic heterocycles. The van der Waals surface area contributed by atoms with Crippen LogP contribution in [0.4, 0.5) is 11.4 Å². The zero-order valence-corrected chi connectivity index (χ0v) is 17.4. The normalized spacial score (nSPS) is 10.8. The highest BCUT2D eigenvalue weighted by Gasteiger charge is 2.00. The molecule has 30 heavy (non-hydrogen) atoms. The first-order chi connectivity index (χ1) is 14.6. The fourth-order valence-corrected chi connectivity index (χ4v) is 3.88. The van der Waals surface area contributed by atoms with Crippen molar-refractivity contribution in [3.8, 4) is 11.5 Å². The number of azide groups is 2. The molecular weight excluding hydrogens is 424 g/mol. The van der Waals surface area contributed by atoms with E-state index in [1.54, 1.807) is 58.3 Å². The van der Waals surface area contributed by atoms with Crippen molar-refractivity contribution in [3.05, 3.63) is 68.4 Å². The van der Waals surface area contributed by atoms with Gasteiger partial charge in [0.1, 0.15) is 11.5 Å². The maximum absolute atomic E-state index is 9.85. The standard InChI is InChI=1S/C18H18N8O2S2/c19-25-23-15-3-1-13(17(27)9-15)11-21-5-7-29-30-8-6-22-12-14-2-4-16(24-26-20)10-18(14)28/h1-4,9-12,27-28H,5-8H2. The van der Waals surface area contributed by atoms with Gasteiger partial charge in [-0.2, -0.15) is 0 Å². The van der Waals surface area contributed by atoms with Crippen molar-refractivity contribution in [3.63, 3.8) is 0 Å². The summed E-state index contributed by atoms with van der Waals surface area (Å²) in [6.45, 7) is 1.20. The van der Waals surface area contributed by atoms with Crippen molar-refractivity contribution in [1.29, 1.82) is 0 Å². The van der Waals surface area contributed by atoms with Gasteiger partial charge in [-0.25, -0.2) is 0 Å². The fourth-order valence-electron chi connectivity index (χ4n) is 2.13. The number of rotatable bonds is 11. The van der Waals surface area contributed by atoms with E-state index < -0.39 is 0 Å². The summed E-state index contributed by atoms with van der Waals surface area (Å²) in [5, 5.41) is 26.5. The highest BCUT2D eigenvalue weighted by Crippen LogP contribution is 2.24. The molecule has 0 bridgehead atoms.